The van der Waals surface area contributed by atoms with Crippen molar-refractivity contribution in [3.8, 4) is 0 Å². The summed E-state index contributed by atoms with van der Waals surface area (Å²) in [5.74, 6) is 0.422. The Labute approximate surface area is 174 Å². The van der Waals surface area contributed by atoms with Crippen LogP contribution in [0, 0.1) is 0 Å². The second-order valence-corrected chi connectivity index (χ2v) is 6.48. The van der Waals surface area contributed by atoms with E-state index in [1.165, 1.54) is 0 Å². The first kappa shape index (κ1) is 22.1. The number of anilines is 1. The number of nitrogens with two attached hydrogens (primary N) is 1. The fraction of sp³-hybridized carbons (Fsp3) is 0.190. The molecule has 152 valence electrons. The van der Waals surface area contributed by atoms with Gasteiger partial charge in [0, 0.05) is 24.0 Å². The minimum Gasteiger partial charge on any atom is -0.412 e. The van der Waals surface area contributed by atoms with Gasteiger partial charge in [-0.2, -0.15) is 0 Å². The van der Waals surface area contributed by atoms with Crippen LogP contribution in [0.15, 0.2) is 60.9 Å². The number of aryl methyl sites for hydroxylation is 1. The minimum absolute atomic E-state index is 0. The number of halogens is 1. The van der Waals surface area contributed by atoms with Crippen LogP contribution in [0.25, 0.3) is 21.9 Å². The molecule has 0 unspecified atom stereocenters. The lowest BCUT2D eigenvalue weighted by Crippen LogP contribution is -2.24. The maximum Gasteiger partial charge on any atom is 0.251 e. The molecule has 2 aromatic heterocycles. The maximum absolute atomic E-state index is 12.0. The number of nitrogens with one attached hydrogen (secondary N) is 1. The number of hydrogen-bond acceptors (Lipinski definition) is 4. The number of amides is 1. The van der Waals surface area contributed by atoms with Gasteiger partial charge in [-0.1, -0.05) is 36.4 Å². The molecular weight excluding hydrogens is 390 g/mol. The average Bonchev–Trinajstić information content (AvgIpc) is 3.13. The molecule has 7 nitrogen and oxygen atoms in total. The SMILES string of the molecule is Cl.Nc1nc2ccccc2c2c1ncn2CCCCNC(=O)c1ccccc1.O. The van der Waals surface area contributed by atoms with Crippen LogP contribution in [0.4, 0.5) is 5.82 Å². The van der Waals surface area contributed by atoms with E-state index in [1.54, 1.807) is 0 Å². The third-order valence-electron chi connectivity index (χ3n) is 4.63. The number of carbonyl (C=O) groups is 1. The monoisotopic (exact) mass is 413 g/mol. The first-order valence-corrected chi connectivity index (χ1v) is 9.06. The number of nitrogens with zero attached hydrogens (tertiary/aromatic N) is 3. The summed E-state index contributed by atoms with van der Waals surface area (Å²) in [5, 5.41) is 4.01. The Balaban J connectivity index is 0.00000150. The number of hydrogen-bond donors (Lipinski definition) is 2. The number of pyridine rings is 1. The van der Waals surface area contributed by atoms with Crippen molar-refractivity contribution in [3.63, 3.8) is 0 Å². The van der Waals surface area contributed by atoms with Crippen molar-refractivity contribution in [2.75, 3.05) is 12.3 Å². The van der Waals surface area contributed by atoms with Crippen molar-refractivity contribution >= 4 is 46.1 Å². The summed E-state index contributed by atoms with van der Waals surface area (Å²) >= 11 is 0. The summed E-state index contributed by atoms with van der Waals surface area (Å²) in [5.41, 5.74) is 9.39. The minimum atomic E-state index is -0.0338. The van der Waals surface area contributed by atoms with Crippen LogP contribution >= 0.6 is 12.4 Å². The number of para-hydroxylation sites is 1. The van der Waals surface area contributed by atoms with Gasteiger partial charge in [0.05, 0.1) is 17.4 Å². The molecule has 4 rings (SSSR count). The number of benzene rings is 2. The zero-order valence-electron chi connectivity index (χ0n) is 15.8. The number of fused-ring (bicyclic) bond motifs is 3. The fourth-order valence-electron chi connectivity index (χ4n) is 3.28. The zero-order chi connectivity index (χ0) is 18.6. The lowest BCUT2D eigenvalue weighted by molar-refractivity contribution is 0.0953. The Morgan fingerprint density at radius 1 is 1.03 bits per heavy atom. The smallest absolute Gasteiger partial charge is 0.251 e. The van der Waals surface area contributed by atoms with Gasteiger partial charge in [-0.25, -0.2) is 9.97 Å². The average molecular weight is 414 g/mol. The molecule has 0 aliphatic heterocycles. The van der Waals surface area contributed by atoms with E-state index in [4.69, 9.17) is 5.73 Å². The molecule has 0 saturated carbocycles. The van der Waals surface area contributed by atoms with E-state index in [0.717, 1.165) is 41.3 Å². The van der Waals surface area contributed by atoms with Gasteiger partial charge in [-0.15, -0.1) is 12.4 Å². The lowest BCUT2D eigenvalue weighted by Gasteiger charge is -2.08. The maximum atomic E-state index is 12.0. The van der Waals surface area contributed by atoms with Crippen molar-refractivity contribution < 1.29 is 10.3 Å². The molecule has 8 heteroatoms. The first-order valence-electron chi connectivity index (χ1n) is 9.06. The van der Waals surface area contributed by atoms with Crippen LogP contribution in [0.2, 0.25) is 0 Å². The van der Waals surface area contributed by atoms with E-state index in [9.17, 15) is 4.79 Å². The van der Waals surface area contributed by atoms with Gasteiger partial charge in [0.15, 0.2) is 5.82 Å². The molecule has 2 aromatic carbocycles. The van der Waals surface area contributed by atoms with Crippen molar-refractivity contribution in [2.45, 2.75) is 19.4 Å². The van der Waals surface area contributed by atoms with E-state index in [1.807, 2.05) is 60.9 Å². The molecular formula is C21H24ClN5O2. The van der Waals surface area contributed by atoms with E-state index in [-0.39, 0.29) is 23.8 Å². The molecule has 0 aliphatic carbocycles. The van der Waals surface area contributed by atoms with Gasteiger partial charge >= 0.3 is 0 Å². The van der Waals surface area contributed by atoms with Gasteiger partial charge in [-0.3, -0.25) is 4.79 Å². The zero-order valence-corrected chi connectivity index (χ0v) is 16.7. The van der Waals surface area contributed by atoms with E-state index < -0.39 is 0 Å². The van der Waals surface area contributed by atoms with Crippen LogP contribution < -0.4 is 11.1 Å². The molecule has 0 bridgehead atoms. The van der Waals surface area contributed by atoms with Gasteiger partial charge in [0.1, 0.15) is 5.52 Å². The van der Waals surface area contributed by atoms with Gasteiger partial charge in [0.25, 0.3) is 5.91 Å². The predicted molar refractivity (Wildman–Crippen MR) is 118 cm³/mol. The number of aromatic nitrogens is 3. The third kappa shape index (κ3) is 4.64. The van der Waals surface area contributed by atoms with E-state index in [0.29, 0.717) is 17.9 Å². The van der Waals surface area contributed by atoms with Crippen LogP contribution in [-0.2, 0) is 6.54 Å². The molecule has 0 spiro atoms. The number of rotatable bonds is 6. The second kappa shape index (κ2) is 9.86. The molecule has 2 heterocycles. The quantitative estimate of drug-likeness (QED) is 0.472. The van der Waals surface area contributed by atoms with Gasteiger partial charge in [-0.05, 0) is 31.0 Å². The van der Waals surface area contributed by atoms with Crippen molar-refractivity contribution in [1.29, 1.82) is 0 Å². The summed E-state index contributed by atoms with van der Waals surface area (Å²) in [6.45, 7) is 1.45. The molecule has 4 aromatic rings. The molecule has 0 saturated heterocycles. The Morgan fingerprint density at radius 3 is 2.55 bits per heavy atom. The van der Waals surface area contributed by atoms with Crippen LogP contribution in [-0.4, -0.2) is 32.5 Å². The molecule has 0 fully saturated rings. The van der Waals surface area contributed by atoms with E-state index >= 15 is 0 Å². The van der Waals surface area contributed by atoms with Crippen molar-refractivity contribution in [2.24, 2.45) is 0 Å². The summed E-state index contributed by atoms with van der Waals surface area (Å²) < 4.78 is 2.12. The van der Waals surface area contributed by atoms with Crippen LogP contribution in [0.5, 0.6) is 0 Å². The topological polar surface area (TPSA) is 117 Å². The molecule has 0 aliphatic rings. The summed E-state index contributed by atoms with van der Waals surface area (Å²) in [6, 6.07) is 17.2. The molecule has 1 amide bonds. The molecule has 0 atom stereocenters. The highest BCUT2D eigenvalue weighted by atomic mass is 35.5. The Hall–Kier alpha value is -3.16. The second-order valence-electron chi connectivity index (χ2n) is 6.48. The molecule has 5 N–H and O–H groups in total. The fourth-order valence-corrected chi connectivity index (χ4v) is 3.28. The van der Waals surface area contributed by atoms with Crippen molar-refractivity contribution in [1.82, 2.24) is 19.9 Å². The largest absolute Gasteiger partial charge is 0.412 e. The van der Waals surface area contributed by atoms with E-state index in [2.05, 4.69) is 19.9 Å². The summed E-state index contributed by atoms with van der Waals surface area (Å²) in [4.78, 5) is 20.9. The molecule has 0 radical (unpaired) electrons. The highest BCUT2D eigenvalue weighted by molar-refractivity contribution is 6.06. The highest BCUT2D eigenvalue weighted by Crippen LogP contribution is 2.27. The number of nitrogen functional groups attached to an aromatic ring is 1. The predicted octanol–water partition coefficient (Wildman–Crippen LogP) is 2.97. The van der Waals surface area contributed by atoms with Crippen LogP contribution in [0.1, 0.15) is 23.2 Å². The first-order chi connectivity index (χ1) is 13.2. The Kier molecular flexibility index (Phi) is 7.52. The van der Waals surface area contributed by atoms with Gasteiger partial charge < -0.3 is 21.1 Å². The van der Waals surface area contributed by atoms with Gasteiger partial charge in [0.2, 0.25) is 0 Å². The Bertz CT molecular complexity index is 1100. The highest BCUT2D eigenvalue weighted by Gasteiger charge is 2.11. The van der Waals surface area contributed by atoms with Crippen molar-refractivity contribution in [3.05, 3.63) is 66.5 Å². The normalized spacial score (nSPS) is 10.3. The summed E-state index contributed by atoms with van der Waals surface area (Å²) in [7, 11) is 0. The third-order valence-corrected chi connectivity index (χ3v) is 4.63. The van der Waals surface area contributed by atoms with Crippen LogP contribution in [0.3, 0.4) is 0 Å². The number of carbonyl (C=O) groups excluding carboxylic acids is 1. The summed E-state index contributed by atoms with van der Waals surface area (Å²) in [6.07, 6.45) is 3.63. The number of imidazole rings is 1. The Morgan fingerprint density at radius 2 is 1.76 bits per heavy atom. The lowest BCUT2D eigenvalue weighted by atomic mass is 10.2. The molecule has 29 heavy (non-hydrogen) atoms. The standard InChI is InChI=1S/C21H21N5O.ClH.H2O/c22-20-18-19(16-10-4-5-11-17(16)25-20)26(14-24-18)13-7-6-12-23-21(27)15-8-2-1-3-9-15;;/h1-5,8-11,14H,6-7,12-13H2,(H2,22,25)(H,23,27);1H;1H2. The number of unbranched alkanes of at least 4 members (excludes halogenated alkanes) is 1.